The molecule has 0 atom stereocenters. The van der Waals surface area contributed by atoms with E-state index in [1.807, 2.05) is 26.8 Å². The highest BCUT2D eigenvalue weighted by atomic mass is 32.2. The van der Waals surface area contributed by atoms with Crippen LogP contribution < -0.4 is 10.6 Å². The van der Waals surface area contributed by atoms with Gasteiger partial charge in [0.15, 0.2) is 5.16 Å². The second-order valence-corrected chi connectivity index (χ2v) is 9.27. The Morgan fingerprint density at radius 2 is 2.12 bits per heavy atom. The van der Waals surface area contributed by atoms with Crippen molar-refractivity contribution in [3.63, 3.8) is 0 Å². The number of hydrogen-bond donors (Lipinski definition) is 2. The van der Waals surface area contributed by atoms with Gasteiger partial charge in [-0.2, -0.15) is 0 Å². The predicted octanol–water partition coefficient (Wildman–Crippen LogP) is 2.98. The van der Waals surface area contributed by atoms with Crippen molar-refractivity contribution in [2.75, 3.05) is 5.75 Å². The minimum atomic E-state index is -0.481. The summed E-state index contributed by atoms with van der Waals surface area (Å²) in [4.78, 5) is 25.0. The molecule has 0 spiro atoms. The molecule has 26 heavy (non-hydrogen) atoms. The fraction of sp³-hybridized carbons (Fsp3) is 0.529. The van der Waals surface area contributed by atoms with E-state index in [0.29, 0.717) is 6.04 Å². The lowest BCUT2D eigenvalue weighted by atomic mass is 10.1. The third-order valence-corrected chi connectivity index (χ3v) is 5.45. The summed E-state index contributed by atoms with van der Waals surface area (Å²) in [6.45, 7) is 5.58. The molecule has 1 aliphatic rings. The van der Waals surface area contributed by atoms with Crippen LogP contribution in [0.4, 0.5) is 4.79 Å². The van der Waals surface area contributed by atoms with Gasteiger partial charge in [-0.05, 0) is 45.1 Å². The van der Waals surface area contributed by atoms with E-state index in [1.165, 1.54) is 16.6 Å². The van der Waals surface area contributed by atoms with Gasteiger partial charge in [0, 0.05) is 22.9 Å². The van der Waals surface area contributed by atoms with Crippen LogP contribution >= 0.6 is 23.1 Å². The lowest BCUT2D eigenvalue weighted by Crippen LogP contribution is -2.48. The van der Waals surface area contributed by atoms with Crippen molar-refractivity contribution in [1.29, 1.82) is 0 Å². The van der Waals surface area contributed by atoms with Crippen LogP contribution in [0.2, 0.25) is 0 Å². The highest BCUT2D eigenvalue weighted by Gasteiger charge is 2.30. The van der Waals surface area contributed by atoms with E-state index in [-0.39, 0.29) is 17.2 Å². The third-order valence-electron chi connectivity index (χ3n) is 3.63. The topological polar surface area (TPSA) is 88.9 Å². The molecule has 0 saturated heterocycles. The number of urea groups is 1. The first-order valence-corrected chi connectivity index (χ1v) is 10.4. The largest absolute Gasteiger partial charge is 0.333 e. The Kier molecular flexibility index (Phi) is 5.67. The molecule has 0 unspecified atom stereocenters. The standard InChI is InChI=1S/C17H23N5O2S2/c1-17(2,3)19-15(24)18-14(23)10-26-16-21-20-13(22(16)11-6-7-11)9-12-5-4-8-25-12/h4-5,8,11H,6-7,9-10H2,1-3H3,(H2,18,19,23,24). The van der Waals surface area contributed by atoms with Crippen molar-refractivity contribution in [2.45, 2.75) is 56.8 Å². The zero-order valence-electron chi connectivity index (χ0n) is 15.1. The van der Waals surface area contributed by atoms with Crippen molar-refractivity contribution in [3.05, 3.63) is 28.2 Å². The van der Waals surface area contributed by atoms with Crippen LogP contribution in [-0.4, -0.2) is 38.0 Å². The molecule has 1 saturated carbocycles. The monoisotopic (exact) mass is 393 g/mol. The number of thioether (sulfide) groups is 1. The van der Waals surface area contributed by atoms with Gasteiger partial charge in [0.1, 0.15) is 5.82 Å². The molecule has 140 valence electrons. The zero-order valence-corrected chi connectivity index (χ0v) is 16.7. The molecular formula is C17H23N5O2S2. The molecule has 2 N–H and O–H groups in total. The molecule has 0 radical (unpaired) electrons. The number of carbonyl (C=O) groups excluding carboxylic acids is 2. The minimum Gasteiger partial charge on any atom is -0.333 e. The van der Waals surface area contributed by atoms with Crippen LogP contribution in [0.1, 0.15) is 50.4 Å². The SMILES string of the molecule is CC(C)(C)NC(=O)NC(=O)CSc1nnc(Cc2cccs2)n1C1CC1. The first-order valence-electron chi connectivity index (χ1n) is 8.53. The highest BCUT2D eigenvalue weighted by molar-refractivity contribution is 7.99. The van der Waals surface area contributed by atoms with Crippen molar-refractivity contribution in [3.8, 4) is 0 Å². The molecule has 0 aromatic carbocycles. The quantitative estimate of drug-likeness (QED) is 0.737. The number of imide groups is 1. The number of rotatable bonds is 6. The Balaban J connectivity index is 1.59. The van der Waals surface area contributed by atoms with Gasteiger partial charge in [-0.25, -0.2) is 4.79 Å². The molecule has 7 nitrogen and oxygen atoms in total. The predicted molar refractivity (Wildman–Crippen MR) is 103 cm³/mol. The van der Waals surface area contributed by atoms with Gasteiger partial charge in [0.25, 0.3) is 0 Å². The maximum atomic E-state index is 12.0. The van der Waals surface area contributed by atoms with Crippen LogP contribution in [0, 0.1) is 0 Å². The maximum Gasteiger partial charge on any atom is 0.321 e. The van der Waals surface area contributed by atoms with E-state index in [9.17, 15) is 9.59 Å². The first kappa shape index (κ1) is 18.9. The van der Waals surface area contributed by atoms with E-state index in [2.05, 4.69) is 36.8 Å². The summed E-state index contributed by atoms with van der Waals surface area (Å²) >= 11 is 3.02. The van der Waals surface area contributed by atoms with Crippen LogP contribution in [0.5, 0.6) is 0 Å². The summed E-state index contributed by atoms with van der Waals surface area (Å²) < 4.78 is 2.15. The van der Waals surface area contributed by atoms with Gasteiger partial charge in [-0.15, -0.1) is 21.5 Å². The summed E-state index contributed by atoms with van der Waals surface area (Å²) in [5.41, 5.74) is -0.389. The Morgan fingerprint density at radius 1 is 1.35 bits per heavy atom. The van der Waals surface area contributed by atoms with Gasteiger partial charge in [0.2, 0.25) is 5.91 Å². The van der Waals surface area contributed by atoms with E-state index in [1.54, 1.807) is 11.3 Å². The average molecular weight is 394 g/mol. The molecule has 9 heteroatoms. The fourth-order valence-electron chi connectivity index (χ4n) is 2.46. The molecule has 1 fully saturated rings. The second-order valence-electron chi connectivity index (χ2n) is 7.30. The van der Waals surface area contributed by atoms with Gasteiger partial charge < -0.3 is 9.88 Å². The minimum absolute atomic E-state index is 0.126. The number of aromatic nitrogens is 3. The van der Waals surface area contributed by atoms with Crippen LogP contribution in [0.3, 0.4) is 0 Å². The van der Waals surface area contributed by atoms with Gasteiger partial charge in [-0.1, -0.05) is 17.8 Å². The normalized spacial score (nSPS) is 14.3. The number of nitrogens with one attached hydrogen (secondary N) is 2. The molecule has 3 amide bonds. The second kappa shape index (κ2) is 7.79. The number of thiophene rings is 1. The smallest absolute Gasteiger partial charge is 0.321 e. The Hall–Kier alpha value is -1.87. The highest BCUT2D eigenvalue weighted by Crippen LogP contribution is 2.39. The van der Waals surface area contributed by atoms with Gasteiger partial charge in [-0.3, -0.25) is 10.1 Å². The molecule has 2 heterocycles. The van der Waals surface area contributed by atoms with E-state index >= 15 is 0 Å². The number of nitrogens with zero attached hydrogens (tertiary/aromatic N) is 3. The van der Waals surface area contributed by atoms with Crippen molar-refractivity contribution < 1.29 is 9.59 Å². The summed E-state index contributed by atoms with van der Waals surface area (Å²) in [6.07, 6.45) is 2.98. The summed E-state index contributed by atoms with van der Waals surface area (Å²) in [5, 5.41) is 16.4. The van der Waals surface area contributed by atoms with Crippen LogP contribution in [0.25, 0.3) is 0 Å². The number of carbonyl (C=O) groups is 2. The summed E-state index contributed by atoms with van der Waals surface area (Å²) in [6, 6.07) is 4.06. The Morgan fingerprint density at radius 3 is 2.73 bits per heavy atom. The molecule has 0 aliphatic heterocycles. The number of hydrogen-bond acceptors (Lipinski definition) is 6. The Bertz CT molecular complexity index is 776. The van der Waals surface area contributed by atoms with Crippen molar-refractivity contribution in [1.82, 2.24) is 25.4 Å². The van der Waals surface area contributed by atoms with E-state index in [4.69, 9.17) is 0 Å². The van der Waals surface area contributed by atoms with Gasteiger partial charge in [0.05, 0.1) is 5.75 Å². The van der Waals surface area contributed by atoms with E-state index in [0.717, 1.165) is 30.2 Å². The van der Waals surface area contributed by atoms with Crippen LogP contribution in [0.15, 0.2) is 22.7 Å². The first-order chi connectivity index (χ1) is 12.3. The maximum absolute atomic E-state index is 12.0. The van der Waals surface area contributed by atoms with E-state index < -0.39 is 6.03 Å². The lowest BCUT2D eigenvalue weighted by Gasteiger charge is -2.20. The van der Waals surface area contributed by atoms with Crippen molar-refractivity contribution >= 4 is 35.0 Å². The van der Waals surface area contributed by atoms with Crippen molar-refractivity contribution in [2.24, 2.45) is 0 Å². The molecular weight excluding hydrogens is 370 g/mol. The molecule has 2 aromatic rings. The molecule has 1 aliphatic carbocycles. The molecule has 2 aromatic heterocycles. The number of amides is 3. The zero-order chi connectivity index (χ0) is 18.7. The summed E-state index contributed by atoms with van der Waals surface area (Å²) in [7, 11) is 0. The van der Waals surface area contributed by atoms with Crippen LogP contribution in [-0.2, 0) is 11.2 Å². The molecule has 3 rings (SSSR count). The molecule has 0 bridgehead atoms. The average Bonchev–Trinajstić information content (AvgIpc) is 3.08. The third kappa shape index (κ3) is 5.31. The fourth-order valence-corrected chi connectivity index (χ4v) is 3.99. The lowest BCUT2D eigenvalue weighted by molar-refractivity contribution is -0.117. The van der Waals surface area contributed by atoms with Gasteiger partial charge >= 0.3 is 6.03 Å². The Labute approximate surface area is 161 Å². The summed E-state index contributed by atoms with van der Waals surface area (Å²) in [5.74, 6) is 0.715.